The maximum atomic E-state index is 12.4. The van der Waals surface area contributed by atoms with Crippen molar-refractivity contribution in [2.75, 3.05) is 42.7 Å². The maximum absolute atomic E-state index is 12.4. The van der Waals surface area contributed by atoms with Crippen molar-refractivity contribution < 1.29 is 4.79 Å². The molecule has 2 aromatic heterocycles. The predicted molar refractivity (Wildman–Crippen MR) is 128 cm³/mol. The zero-order valence-corrected chi connectivity index (χ0v) is 18.8. The third-order valence-electron chi connectivity index (χ3n) is 5.26. The SMILES string of the molecule is CN(C)c1ccc(-c2nc(NC(=O)Nc3cccc(CN4CCCCC4)n3)cs2)cc1. The van der Waals surface area contributed by atoms with Crippen LogP contribution in [0.1, 0.15) is 25.0 Å². The second-order valence-corrected chi connectivity index (χ2v) is 8.77. The number of nitrogens with one attached hydrogen (secondary N) is 2. The number of rotatable bonds is 6. The quantitative estimate of drug-likeness (QED) is 0.575. The van der Waals surface area contributed by atoms with Crippen LogP contribution in [0.2, 0.25) is 0 Å². The Labute approximate surface area is 187 Å². The van der Waals surface area contributed by atoms with E-state index in [9.17, 15) is 4.79 Å². The first kappa shape index (κ1) is 21.3. The molecule has 4 rings (SSSR count). The molecule has 0 bridgehead atoms. The fraction of sp³-hybridized carbons (Fsp3) is 0.348. The van der Waals surface area contributed by atoms with Gasteiger partial charge in [0.2, 0.25) is 0 Å². The Hall–Kier alpha value is -2.97. The summed E-state index contributed by atoms with van der Waals surface area (Å²) in [4.78, 5) is 26.0. The van der Waals surface area contributed by atoms with Gasteiger partial charge >= 0.3 is 6.03 Å². The first-order chi connectivity index (χ1) is 15.1. The average Bonchev–Trinajstić information content (AvgIpc) is 3.23. The van der Waals surface area contributed by atoms with Crippen LogP contribution in [0.5, 0.6) is 0 Å². The van der Waals surface area contributed by atoms with Crippen LogP contribution in [0, 0.1) is 0 Å². The number of piperidine rings is 1. The largest absolute Gasteiger partial charge is 0.378 e. The Morgan fingerprint density at radius 1 is 1.00 bits per heavy atom. The molecule has 1 fully saturated rings. The van der Waals surface area contributed by atoms with Gasteiger partial charge in [-0.1, -0.05) is 12.5 Å². The molecule has 0 saturated carbocycles. The highest BCUT2D eigenvalue weighted by atomic mass is 32.1. The van der Waals surface area contributed by atoms with E-state index < -0.39 is 0 Å². The summed E-state index contributed by atoms with van der Waals surface area (Å²) in [5, 5.41) is 8.32. The van der Waals surface area contributed by atoms with E-state index in [4.69, 9.17) is 0 Å². The molecule has 3 heterocycles. The summed E-state index contributed by atoms with van der Waals surface area (Å²) in [6.45, 7) is 3.05. The Bertz CT molecular complexity index is 1010. The minimum atomic E-state index is -0.345. The van der Waals surface area contributed by atoms with Crippen molar-refractivity contribution in [3.63, 3.8) is 0 Å². The highest BCUT2D eigenvalue weighted by molar-refractivity contribution is 7.13. The Morgan fingerprint density at radius 3 is 2.48 bits per heavy atom. The van der Waals surface area contributed by atoms with Gasteiger partial charge in [0.05, 0.1) is 5.69 Å². The lowest BCUT2D eigenvalue weighted by Crippen LogP contribution is -2.29. The van der Waals surface area contributed by atoms with Crippen LogP contribution in [-0.2, 0) is 6.54 Å². The summed E-state index contributed by atoms with van der Waals surface area (Å²) in [6, 6.07) is 13.6. The lowest BCUT2D eigenvalue weighted by Gasteiger charge is -2.26. The van der Waals surface area contributed by atoms with Crippen molar-refractivity contribution >= 4 is 34.7 Å². The molecule has 1 aromatic carbocycles. The van der Waals surface area contributed by atoms with Crippen molar-refractivity contribution in [3.05, 3.63) is 53.5 Å². The number of nitrogens with zero attached hydrogens (tertiary/aromatic N) is 4. The van der Waals surface area contributed by atoms with Gasteiger partial charge in [0, 0.05) is 37.3 Å². The van der Waals surface area contributed by atoms with E-state index in [-0.39, 0.29) is 6.03 Å². The van der Waals surface area contributed by atoms with Gasteiger partial charge in [0.25, 0.3) is 0 Å². The molecule has 0 radical (unpaired) electrons. The fourth-order valence-corrected chi connectivity index (χ4v) is 4.37. The first-order valence-electron chi connectivity index (χ1n) is 10.6. The number of carbonyl (C=O) groups excluding carboxylic acids is 1. The second kappa shape index (κ2) is 9.89. The Balaban J connectivity index is 1.34. The minimum Gasteiger partial charge on any atom is -0.378 e. The molecule has 0 unspecified atom stereocenters. The summed E-state index contributed by atoms with van der Waals surface area (Å²) in [7, 11) is 4.02. The van der Waals surface area contributed by atoms with Crippen LogP contribution < -0.4 is 15.5 Å². The lowest BCUT2D eigenvalue weighted by molar-refractivity contribution is 0.218. The predicted octanol–water partition coefficient (Wildman–Crippen LogP) is 4.90. The number of pyridine rings is 1. The molecule has 0 spiro atoms. The zero-order valence-electron chi connectivity index (χ0n) is 18.0. The van der Waals surface area contributed by atoms with E-state index in [2.05, 4.69) is 42.5 Å². The van der Waals surface area contributed by atoms with Crippen molar-refractivity contribution in [3.8, 4) is 10.6 Å². The molecule has 2 N–H and O–H groups in total. The summed E-state index contributed by atoms with van der Waals surface area (Å²) in [5.74, 6) is 1.07. The Kier molecular flexibility index (Phi) is 6.79. The van der Waals surface area contributed by atoms with Crippen LogP contribution in [0.3, 0.4) is 0 Å². The normalized spacial score (nSPS) is 14.3. The molecule has 0 atom stereocenters. The minimum absolute atomic E-state index is 0.345. The van der Waals surface area contributed by atoms with E-state index >= 15 is 0 Å². The van der Waals surface area contributed by atoms with Crippen molar-refractivity contribution in [1.82, 2.24) is 14.9 Å². The second-order valence-electron chi connectivity index (χ2n) is 7.91. The van der Waals surface area contributed by atoms with Gasteiger partial charge in [-0.05, 0) is 62.3 Å². The first-order valence-corrected chi connectivity index (χ1v) is 11.4. The lowest BCUT2D eigenvalue weighted by atomic mass is 10.1. The highest BCUT2D eigenvalue weighted by Crippen LogP contribution is 2.27. The number of benzene rings is 1. The number of anilines is 3. The molecular formula is C23H28N6OS. The van der Waals surface area contributed by atoms with Gasteiger partial charge < -0.3 is 4.90 Å². The van der Waals surface area contributed by atoms with Gasteiger partial charge in [0.15, 0.2) is 0 Å². The van der Waals surface area contributed by atoms with E-state index in [1.807, 2.05) is 43.7 Å². The number of carbonyl (C=O) groups is 1. The summed E-state index contributed by atoms with van der Waals surface area (Å²) in [6.07, 6.45) is 3.80. The van der Waals surface area contributed by atoms with E-state index in [0.717, 1.165) is 41.6 Å². The summed E-state index contributed by atoms with van der Waals surface area (Å²) < 4.78 is 0. The van der Waals surface area contributed by atoms with Crippen molar-refractivity contribution in [2.24, 2.45) is 0 Å². The van der Waals surface area contributed by atoms with Gasteiger partial charge in [-0.3, -0.25) is 15.5 Å². The third-order valence-corrected chi connectivity index (χ3v) is 6.15. The summed E-state index contributed by atoms with van der Waals surface area (Å²) in [5.41, 5.74) is 3.13. The van der Waals surface area contributed by atoms with Gasteiger partial charge in [-0.2, -0.15) is 0 Å². The molecular weight excluding hydrogens is 408 g/mol. The van der Waals surface area contributed by atoms with Gasteiger partial charge in [0.1, 0.15) is 16.6 Å². The molecule has 0 aliphatic carbocycles. The van der Waals surface area contributed by atoms with E-state index in [0.29, 0.717) is 11.6 Å². The summed E-state index contributed by atoms with van der Waals surface area (Å²) >= 11 is 1.50. The van der Waals surface area contributed by atoms with E-state index in [1.54, 1.807) is 6.07 Å². The molecule has 1 aliphatic rings. The third kappa shape index (κ3) is 5.80. The maximum Gasteiger partial charge on any atom is 0.326 e. The smallest absolute Gasteiger partial charge is 0.326 e. The molecule has 1 saturated heterocycles. The fourth-order valence-electron chi connectivity index (χ4n) is 3.61. The Morgan fingerprint density at radius 2 is 1.74 bits per heavy atom. The number of thiazole rings is 1. The van der Waals surface area contributed by atoms with Gasteiger partial charge in [-0.15, -0.1) is 11.3 Å². The van der Waals surface area contributed by atoms with E-state index in [1.165, 1.54) is 30.6 Å². The molecule has 1 aliphatic heterocycles. The van der Waals surface area contributed by atoms with Crippen LogP contribution >= 0.6 is 11.3 Å². The van der Waals surface area contributed by atoms with Crippen LogP contribution in [0.4, 0.5) is 22.1 Å². The average molecular weight is 437 g/mol. The molecule has 7 nitrogen and oxygen atoms in total. The van der Waals surface area contributed by atoms with Crippen LogP contribution in [0.15, 0.2) is 47.8 Å². The van der Waals surface area contributed by atoms with Crippen molar-refractivity contribution in [2.45, 2.75) is 25.8 Å². The molecule has 31 heavy (non-hydrogen) atoms. The standard InChI is InChI=1S/C23H28N6OS/c1-28(2)19-11-9-17(10-12-19)22-25-21(16-31-22)27-23(30)26-20-8-6-7-18(24-20)15-29-13-4-3-5-14-29/h6-12,16H,3-5,13-15H2,1-2H3,(H2,24,26,27,30). The highest BCUT2D eigenvalue weighted by Gasteiger charge is 2.12. The molecule has 162 valence electrons. The topological polar surface area (TPSA) is 73.4 Å². The van der Waals surface area contributed by atoms with Gasteiger partial charge in [-0.25, -0.2) is 14.8 Å². The molecule has 8 heteroatoms. The number of hydrogen-bond donors (Lipinski definition) is 2. The zero-order chi connectivity index (χ0) is 21.6. The number of amides is 2. The molecule has 2 amide bonds. The molecule has 3 aromatic rings. The van der Waals surface area contributed by atoms with Crippen LogP contribution in [0.25, 0.3) is 10.6 Å². The number of hydrogen-bond acceptors (Lipinski definition) is 6. The monoisotopic (exact) mass is 436 g/mol. The number of urea groups is 1. The van der Waals surface area contributed by atoms with Crippen molar-refractivity contribution in [1.29, 1.82) is 0 Å². The number of aromatic nitrogens is 2. The number of likely N-dealkylation sites (tertiary alicyclic amines) is 1. The van der Waals surface area contributed by atoms with Crippen LogP contribution in [-0.4, -0.2) is 48.1 Å².